The van der Waals surface area contributed by atoms with Gasteiger partial charge >= 0.3 is 0 Å². The Labute approximate surface area is 167 Å². The van der Waals surface area contributed by atoms with E-state index in [1.165, 1.54) is 16.4 Å². The number of nitrogens with zero attached hydrogens (tertiary/aromatic N) is 1. The zero-order chi connectivity index (χ0) is 20.6. The van der Waals surface area contributed by atoms with Gasteiger partial charge in [0.2, 0.25) is 10.0 Å². The summed E-state index contributed by atoms with van der Waals surface area (Å²) in [5.41, 5.74) is 1.18. The van der Waals surface area contributed by atoms with Crippen LogP contribution in [0.3, 0.4) is 0 Å². The Morgan fingerprint density at radius 1 is 0.857 bits per heavy atom. The van der Waals surface area contributed by atoms with Gasteiger partial charge in [0, 0.05) is 13.1 Å². The highest BCUT2D eigenvalue weighted by atomic mass is 32.2. The van der Waals surface area contributed by atoms with E-state index in [1.807, 2.05) is 0 Å². The fourth-order valence-corrected chi connectivity index (χ4v) is 5.76. The summed E-state index contributed by atoms with van der Waals surface area (Å²) in [5, 5.41) is 0. The van der Waals surface area contributed by atoms with Crippen molar-refractivity contribution < 1.29 is 16.8 Å². The van der Waals surface area contributed by atoms with E-state index in [1.54, 1.807) is 36.4 Å². The second-order valence-electron chi connectivity index (χ2n) is 8.02. The molecule has 1 aliphatic heterocycles. The molecule has 28 heavy (non-hydrogen) atoms. The molecule has 0 spiro atoms. The Hall–Kier alpha value is -1.90. The maximum absolute atomic E-state index is 12.7. The summed E-state index contributed by atoms with van der Waals surface area (Å²) < 4.78 is 54.7. The van der Waals surface area contributed by atoms with E-state index in [-0.39, 0.29) is 20.9 Å². The van der Waals surface area contributed by atoms with Crippen LogP contribution in [-0.4, -0.2) is 34.2 Å². The number of sulfonamides is 2. The molecule has 8 heteroatoms. The zero-order valence-electron chi connectivity index (χ0n) is 16.3. The maximum atomic E-state index is 12.7. The molecular formula is C20H26N2O4S2. The molecule has 6 nitrogen and oxygen atoms in total. The third-order valence-corrected chi connectivity index (χ3v) is 8.11. The smallest absolute Gasteiger partial charge is 0.261 e. The van der Waals surface area contributed by atoms with Gasteiger partial charge in [-0.15, -0.1) is 0 Å². The van der Waals surface area contributed by atoms with Gasteiger partial charge in [-0.2, -0.15) is 4.31 Å². The van der Waals surface area contributed by atoms with Crippen LogP contribution in [0, 0.1) is 0 Å². The van der Waals surface area contributed by atoms with Gasteiger partial charge in [0.1, 0.15) is 0 Å². The molecule has 0 radical (unpaired) electrons. The monoisotopic (exact) mass is 422 g/mol. The number of nitrogens with one attached hydrogen (secondary N) is 1. The summed E-state index contributed by atoms with van der Waals surface area (Å²) in [6, 6.07) is 12.7. The molecule has 2 aromatic carbocycles. The third kappa shape index (κ3) is 4.39. The largest absolute Gasteiger partial charge is 0.280 e. The molecule has 1 saturated heterocycles. The Balaban J connectivity index is 1.85. The van der Waals surface area contributed by atoms with E-state index in [0.717, 1.165) is 18.4 Å². The van der Waals surface area contributed by atoms with Crippen LogP contribution in [0.2, 0.25) is 0 Å². The first kappa shape index (κ1) is 20.8. The average Bonchev–Trinajstić information content (AvgIpc) is 3.16. The van der Waals surface area contributed by atoms with Crippen LogP contribution >= 0.6 is 0 Å². The van der Waals surface area contributed by atoms with E-state index in [9.17, 15) is 16.8 Å². The standard InChI is InChI=1S/C20H26N2O4S2/c1-20(2,3)16-9-11-18(12-10-16)27(23,24)21-17-7-6-8-19(15-17)28(25,26)22-13-4-5-14-22/h6-12,15,21H,4-5,13-14H2,1-3H3. The molecule has 1 heterocycles. The van der Waals surface area contributed by atoms with Crippen LogP contribution in [0.15, 0.2) is 58.3 Å². The van der Waals surface area contributed by atoms with Gasteiger partial charge in [0.25, 0.3) is 10.0 Å². The van der Waals surface area contributed by atoms with Crippen molar-refractivity contribution in [1.29, 1.82) is 0 Å². The van der Waals surface area contributed by atoms with E-state index >= 15 is 0 Å². The van der Waals surface area contributed by atoms with Crippen LogP contribution in [-0.2, 0) is 25.5 Å². The molecule has 3 rings (SSSR count). The van der Waals surface area contributed by atoms with Crippen molar-refractivity contribution in [2.45, 2.75) is 48.8 Å². The summed E-state index contributed by atoms with van der Waals surface area (Å²) in [7, 11) is -7.42. The summed E-state index contributed by atoms with van der Waals surface area (Å²) in [6.45, 7) is 7.17. The lowest BCUT2D eigenvalue weighted by atomic mass is 9.87. The van der Waals surface area contributed by atoms with Gasteiger partial charge in [0.15, 0.2) is 0 Å². The van der Waals surface area contributed by atoms with Gasteiger partial charge in [-0.1, -0.05) is 39.0 Å². The van der Waals surface area contributed by atoms with Crippen LogP contribution in [0.5, 0.6) is 0 Å². The summed E-state index contributed by atoms with van der Waals surface area (Å²) in [5.74, 6) is 0. The number of hydrogen-bond acceptors (Lipinski definition) is 4. The van der Waals surface area contributed by atoms with Crippen molar-refractivity contribution >= 4 is 25.7 Å². The first-order valence-electron chi connectivity index (χ1n) is 9.24. The number of hydrogen-bond donors (Lipinski definition) is 1. The fraction of sp³-hybridized carbons (Fsp3) is 0.400. The lowest BCUT2D eigenvalue weighted by Gasteiger charge is -2.19. The molecule has 152 valence electrons. The highest BCUT2D eigenvalue weighted by Crippen LogP contribution is 2.26. The number of anilines is 1. The molecule has 0 aliphatic carbocycles. The van der Waals surface area contributed by atoms with Crippen molar-refractivity contribution in [3.8, 4) is 0 Å². The zero-order valence-corrected chi connectivity index (χ0v) is 18.0. The van der Waals surface area contributed by atoms with Gasteiger partial charge in [-0.05, 0) is 54.2 Å². The van der Waals surface area contributed by atoms with Gasteiger partial charge in [-0.3, -0.25) is 4.72 Å². The number of rotatable bonds is 5. The van der Waals surface area contributed by atoms with Crippen molar-refractivity contribution in [3.63, 3.8) is 0 Å². The Kier molecular flexibility index (Phi) is 5.58. The fourth-order valence-electron chi connectivity index (χ4n) is 3.15. The molecule has 1 N–H and O–H groups in total. The predicted octanol–water partition coefficient (Wildman–Crippen LogP) is 3.57. The highest BCUT2D eigenvalue weighted by Gasteiger charge is 2.27. The summed E-state index contributed by atoms with van der Waals surface area (Å²) in [4.78, 5) is 0.228. The first-order chi connectivity index (χ1) is 13.0. The van der Waals surface area contributed by atoms with Crippen LogP contribution < -0.4 is 4.72 Å². The first-order valence-corrected chi connectivity index (χ1v) is 12.2. The minimum Gasteiger partial charge on any atom is -0.280 e. The van der Waals surface area contributed by atoms with Gasteiger partial charge in [0.05, 0.1) is 15.5 Å². The van der Waals surface area contributed by atoms with Crippen molar-refractivity contribution in [1.82, 2.24) is 4.31 Å². The van der Waals surface area contributed by atoms with E-state index < -0.39 is 20.0 Å². The van der Waals surface area contributed by atoms with Crippen LogP contribution in [0.1, 0.15) is 39.2 Å². The Morgan fingerprint density at radius 3 is 2.04 bits per heavy atom. The van der Waals surface area contributed by atoms with E-state index in [2.05, 4.69) is 25.5 Å². The average molecular weight is 423 g/mol. The molecule has 0 bridgehead atoms. The maximum Gasteiger partial charge on any atom is 0.261 e. The second kappa shape index (κ2) is 7.50. The van der Waals surface area contributed by atoms with E-state index in [4.69, 9.17) is 0 Å². The summed E-state index contributed by atoms with van der Waals surface area (Å²) in [6.07, 6.45) is 1.69. The Morgan fingerprint density at radius 2 is 1.46 bits per heavy atom. The molecule has 1 aliphatic rings. The van der Waals surface area contributed by atoms with Crippen molar-refractivity contribution in [2.75, 3.05) is 17.8 Å². The predicted molar refractivity (Wildman–Crippen MR) is 110 cm³/mol. The molecule has 0 saturated carbocycles. The normalized spacial score (nSPS) is 16.2. The topological polar surface area (TPSA) is 83.5 Å². The molecular weight excluding hydrogens is 396 g/mol. The Bertz CT molecular complexity index is 1050. The second-order valence-corrected chi connectivity index (χ2v) is 11.6. The van der Waals surface area contributed by atoms with Gasteiger partial charge < -0.3 is 0 Å². The van der Waals surface area contributed by atoms with Crippen LogP contribution in [0.25, 0.3) is 0 Å². The molecule has 1 fully saturated rings. The SMILES string of the molecule is CC(C)(C)c1ccc(S(=O)(=O)Nc2cccc(S(=O)(=O)N3CCCC3)c2)cc1. The van der Waals surface area contributed by atoms with Crippen molar-refractivity contribution in [3.05, 3.63) is 54.1 Å². The highest BCUT2D eigenvalue weighted by molar-refractivity contribution is 7.92. The molecule has 2 aromatic rings. The summed E-state index contributed by atoms with van der Waals surface area (Å²) >= 11 is 0. The lowest BCUT2D eigenvalue weighted by molar-refractivity contribution is 0.477. The molecule has 0 aromatic heterocycles. The van der Waals surface area contributed by atoms with Gasteiger partial charge in [-0.25, -0.2) is 16.8 Å². The minimum atomic E-state index is -3.82. The molecule has 0 atom stereocenters. The van der Waals surface area contributed by atoms with Crippen LogP contribution in [0.4, 0.5) is 5.69 Å². The molecule has 0 unspecified atom stereocenters. The number of benzene rings is 2. The lowest BCUT2D eigenvalue weighted by Crippen LogP contribution is -2.27. The quantitative estimate of drug-likeness (QED) is 0.798. The third-order valence-electron chi connectivity index (χ3n) is 4.82. The minimum absolute atomic E-state index is 0.0754. The molecule has 0 amide bonds. The van der Waals surface area contributed by atoms with E-state index in [0.29, 0.717) is 13.1 Å². The van der Waals surface area contributed by atoms with Crippen molar-refractivity contribution in [2.24, 2.45) is 0 Å².